The Labute approximate surface area is 129 Å². The molecule has 1 heterocycles. The van der Waals surface area contributed by atoms with Crippen LogP contribution in [0.4, 0.5) is 11.4 Å². The first-order valence-electron chi connectivity index (χ1n) is 7.41. The fraction of sp³-hybridized carbons (Fsp3) is 0.222. The quantitative estimate of drug-likeness (QED) is 0.340. The number of hydrogen-bond acceptors (Lipinski definition) is 4. The summed E-state index contributed by atoms with van der Waals surface area (Å²) < 4.78 is 0. The maximum Gasteiger partial charge on any atom is 0.193 e. The summed E-state index contributed by atoms with van der Waals surface area (Å²) in [4.78, 5) is 22.8. The number of hydrogen-bond donors (Lipinski definition) is 0. The van der Waals surface area contributed by atoms with Crippen LogP contribution in [0.3, 0.4) is 0 Å². The molecule has 0 aliphatic carbocycles. The minimum atomic E-state index is 0.0406. The third kappa shape index (κ3) is 2.78. The van der Waals surface area contributed by atoms with Crippen LogP contribution in [-0.2, 0) is 4.79 Å². The van der Waals surface area contributed by atoms with Crippen molar-refractivity contribution < 1.29 is 9.59 Å². The van der Waals surface area contributed by atoms with E-state index in [1.165, 1.54) is 0 Å². The minimum absolute atomic E-state index is 0.0406. The van der Waals surface area contributed by atoms with E-state index >= 15 is 0 Å². The molecule has 4 heteroatoms. The number of carbonyl (C=O) groups is 2. The molecule has 2 aromatic rings. The van der Waals surface area contributed by atoms with Gasteiger partial charge < -0.3 is 4.79 Å². The fourth-order valence-corrected chi connectivity index (χ4v) is 2.61. The van der Waals surface area contributed by atoms with Crippen molar-refractivity contribution in [2.45, 2.75) is 12.8 Å². The van der Waals surface area contributed by atoms with Crippen LogP contribution in [0.5, 0.6) is 0 Å². The fourth-order valence-electron chi connectivity index (χ4n) is 2.61. The first-order valence-corrected chi connectivity index (χ1v) is 7.41. The first kappa shape index (κ1) is 14.5. The van der Waals surface area contributed by atoms with Gasteiger partial charge in [0.05, 0.1) is 11.4 Å². The van der Waals surface area contributed by atoms with Crippen molar-refractivity contribution in [1.29, 1.82) is 0 Å². The van der Waals surface area contributed by atoms with Crippen molar-refractivity contribution in [1.82, 2.24) is 5.01 Å². The molecule has 0 amide bonds. The van der Waals surface area contributed by atoms with E-state index in [4.69, 9.17) is 0 Å². The summed E-state index contributed by atoms with van der Waals surface area (Å²) in [6, 6.07) is 15.1. The SMILES string of the molecule is CN(CCCC=O)N1c2ccc(C(=O)c3ccccc3)cc21. The van der Waals surface area contributed by atoms with E-state index in [9.17, 15) is 9.59 Å². The van der Waals surface area contributed by atoms with E-state index in [1.54, 1.807) is 0 Å². The number of hydrazine groups is 1. The van der Waals surface area contributed by atoms with Gasteiger partial charge in [0, 0.05) is 31.1 Å². The van der Waals surface area contributed by atoms with Gasteiger partial charge in [0.25, 0.3) is 0 Å². The predicted molar refractivity (Wildman–Crippen MR) is 86.4 cm³/mol. The number of anilines is 2. The van der Waals surface area contributed by atoms with E-state index in [0.29, 0.717) is 17.5 Å². The molecule has 0 fully saturated rings. The van der Waals surface area contributed by atoms with Crippen molar-refractivity contribution in [2.24, 2.45) is 0 Å². The van der Waals surface area contributed by atoms with Crippen molar-refractivity contribution in [2.75, 3.05) is 18.6 Å². The zero-order chi connectivity index (χ0) is 15.5. The second-order valence-electron chi connectivity index (χ2n) is 5.40. The van der Waals surface area contributed by atoms with Gasteiger partial charge >= 0.3 is 0 Å². The largest absolute Gasteiger partial charge is 0.303 e. The number of aldehydes is 1. The molecule has 112 valence electrons. The Morgan fingerprint density at radius 2 is 1.86 bits per heavy atom. The molecule has 0 N–H and O–H groups in total. The predicted octanol–water partition coefficient (Wildman–Crippen LogP) is 3.20. The third-order valence-electron chi connectivity index (χ3n) is 3.83. The summed E-state index contributed by atoms with van der Waals surface area (Å²) in [7, 11) is 1.99. The molecule has 2 aromatic carbocycles. The molecule has 0 aromatic heterocycles. The van der Waals surface area contributed by atoms with Crippen LogP contribution in [0.25, 0.3) is 0 Å². The highest BCUT2D eigenvalue weighted by molar-refractivity contribution is 6.11. The molecule has 3 rings (SSSR count). The number of nitrogens with zero attached hydrogens (tertiary/aromatic N) is 2. The summed E-state index contributed by atoms with van der Waals surface area (Å²) in [5.41, 5.74) is 3.59. The average Bonchev–Trinajstić information content (AvgIpc) is 3.28. The van der Waals surface area contributed by atoms with E-state index in [0.717, 1.165) is 30.6 Å². The van der Waals surface area contributed by atoms with Gasteiger partial charge in [-0.1, -0.05) is 30.3 Å². The van der Waals surface area contributed by atoms with Gasteiger partial charge in [0.15, 0.2) is 5.78 Å². The normalized spacial score (nSPS) is 12.2. The van der Waals surface area contributed by atoms with Crippen LogP contribution in [0, 0.1) is 0 Å². The lowest BCUT2D eigenvalue weighted by Crippen LogP contribution is -2.27. The molecule has 22 heavy (non-hydrogen) atoms. The Morgan fingerprint density at radius 1 is 1.09 bits per heavy atom. The molecule has 0 saturated heterocycles. The van der Waals surface area contributed by atoms with Gasteiger partial charge in [-0.05, 0) is 24.6 Å². The summed E-state index contributed by atoms with van der Waals surface area (Å²) in [6.45, 7) is 0.815. The monoisotopic (exact) mass is 294 g/mol. The molecule has 4 nitrogen and oxygen atoms in total. The van der Waals surface area contributed by atoms with Crippen molar-refractivity contribution in [3.63, 3.8) is 0 Å². The van der Waals surface area contributed by atoms with Crippen LogP contribution in [0.2, 0.25) is 0 Å². The molecule has 0 spiro atoms. The highest BCUT2D eigenvalue weighted by atomic mass is 16.1. The summed E-state index contributed by atoms with van der Waals surface area (Å²) in [5.74, 6) is 0.0406. The molecule has 1 aliphatic rings. The van der Waals surface area contributed by atoms with E-state index in [2.05, 4.69) is 10.0 Å². The highest BCUT2D eigenvalue weighted by Crippen LogP contribution is 2.49. The Morgan fingerprint density at radius 3 is 2.59 bits per heavy atom. The Kier molecular flexibility index (Phi) is 4.02. The summed E-state index contributed by atoms with van der Waals surface area (Å²) in [6.07, 6.45) is 2.35. The molecule has 0 unspecified atom stereocenters. The van der Waals surface area contributed by atoms with Crippen molar-refractivity contribution in [3.05, 3.63) is 59.7 Å². The van der Waals surface area contributed by atoms with E-state index < -0.39 is 0 Å². The highest BCUT2D eigenvalue weighted by Gasteiger charge is 2.33. The summed E-state index contributed by atoms with van der Waals surface area (Å²) >= 11 is 0. The zero-order valence-corrected chi connectivity index (χ0v) is 12.5. The van der Waals surface area contributed by atoms with Gasteiger partial charge in [-0.2, -0.15) is 0 Å². The number of fused-ring (bicyclic) bond motifs is 1. The minimum Gasteiger partial charge on any atom is -0.303 e. The zero-order valence-electron chi connectivity index (χ0n) is 12.5. The maximum atomic E-state index is 12.4. The van der Waals surface area contributed by atoms with Gasteiger partial charge in [0.1, 0.15) is 6.29 Å². The van der Waals surface area contributed by atoms with Gasteiger partial charge in [0.2, 0.25) is 0 Å². The van der Waals surface area contributed by atoms with Crippen molar-refractivity contribution in [3.8, 4) is 0 Å². The Bertz CT molecular complexity index is 697. The molecule has 0 saturated carbocycles. The smallest absolute Gasteiger partial charge is 0.193 e. The van der Waals surface area contributed by atoms with Crippen LogP contribution >= 0.6 is 0 Å². The van der Waals surface area contributed by atoms with Crippen LogP contribution in [0.1, 0.15) is 28.8 Å². The van der Waals surface area contributed by atoms with Crippen LogP contribution in [0.15, 0.2) is 48.5 Å². The van der Waals surface area contributed by atoms with Gasteiger partial charge in [-0.25, -0.2) is 5.01 Å². The lowest BCUT2D eigenvalue weighted by molar-refractivity contribution is -0.108. The maximum absolute atomic E-state index is 12.4. The molecular weight excluding hydrogens is 276 g/mol. The number of carbonyl (C=O) groups excluding carboxylic acids is 2. The molecule has 0 radical (unpaired) electrons. The second-order valence-corrected chi connectivity index (χ2v) is 5.40. The molecule has 1 aliphatic heterocycles. The Balaban J connectivity index is 1.70. The van der Waals surface area contributed by atoms with Crippen LogP contribution in [-0.4, -0.2) is 30.7 Å². The number of ketones is 1. The number of rotatable bonds is 7. The number of unbranched alkanes of at least 4 members (excludes halogenated alkanes) is 1. The lowest BCUT2D eigenvalue weighted by Gasteiger charge is -2.18. The standard InChI is InChI=1S/C18H18N2O2/c1-19(11-5-6-12-21)20-16-10-9-15(13-17(16)20)18(22)14-7-3-2-4-8-14/h2-4,7-10,12-13H,5-6,11H2,1H3. The topological polar surface area (TPSA) is 40.4 Å². The van der Waals surface area contributed by atoms with Gasteiger partial charge in [-0.3, -0.25) is 9.80 Å². The second kappa shape index (κ2) is 6.12. The van der Waals surface area contributed by atoms with Crippen LogP contribution < -0.4 is 5.01 Å². The third-order valence-corrected chi connectivity index (χ3v) is 3.83. The van der Waals surface area contributed by atoms with Crippen molar-refractivity contribution >= 4 is 23.4 Å². The molecule has 0 bridgehead atoms. The molecule has 0 atom stereocenters. The molecular formula is C18H18N2O2. The lowest BCUT2D eigenvalue weighted by atomic mass is 10.0. The Hall–Kier alpha value is -2.46. The summed E-state index contributed by atoms with van der Waals surface area (Å²) in [5, 5.41) is 4.15. The van der Waals surface area contributed by atoms with E-state index in [1.807, 2.05) is 55.6 Å². The number of benzene rings is 2. The average molecular weight is 294 g/mol. The van der Waals surface area contributed by atoms with Gasteiger partial charge in [-0.15, -0.1) is 0 Å². The van der Waals surface area contributed by atoms with E-state index in [-0.39, 0.29) is 5.78 Å². The first-order chi connectivity index (χ1) is 10.7.